The number of aryl methyl sites for hydroxylation is 1. The van der Waals surface area contributed by atoms with Gasteiger partial charge in [-0.25, -0.2) is 0 Å². The van der Waals surface area contributed by atoms with E-state index in [2.05, 4.69) is 31.2 Å². The summed E-state index contributed by atoms with van der Waals surface area (Å²) in [5, 5.41) is 9.63. The van der Waals surface area contributed by atoms with Crippen LogP contribution in [0.1, 0.15) is 44.2 Å². The van der Waals surface area contributed by atoms with Gasteiger partial charge in [-0.2, -0.15) is 0 Å². The van der Waals surface area contributed by atoms with Gasteiger partial charge in [0.15, 0.2) is 0 Å². The third-order valence-electron chi connectivity index (χ3n) is 4.48. The predicted octanol–water partition coefficient (Wildman–Crippen LogP) is 2.58. The van der Waals surface area contributed by atoms with Gasteiger partial charge in [0.25, 0.3) is 0 Å². The summed E-state index contributed by atoms with van der Waals surface area (Å²) in [5.41, 5.74) is 2.37. The predicted molar refractivity (Wildman–Crippen MR) is 80.6 cm³/mol. The molecule has 1 aromatic rings. The highest BCUT2D eigenvalue weighted by molar-refractivity contribution is 5.83. The third kappa shape index (κ3) is 3.21. The van der Waals surface area contributed by atoms with Gasteiger partial charge < -0.3 is 10.0 Å². The van der Waals surface area contributed by atoms with Crippen LogP contribution in [0.3, 0.4) is 0 Å². The summed E-state index contributed by atoms with van der Waals surface area (Å²) >= 11 is 0. The Morgan fingerprint density at radius 3 is 2.50 bits per heavy atom. The van der Waals surface area contributed by atoms with Gasteiger partial charge in [-0.05, 0) is 37.8 Å². The number of aliphatic hydroxyl groups is 1. The van der Waals surface area contributed by atoms with Gasteiger partial charge in [0.2, 0.25) is 5.91 Å². The van der Waals surface area contributed by atoms with E-state index in [9.17, 15) is 9.90 Å². The molecule has 0 aliphatic carbocycles. The topological polar surface area (TPSA) is 40.5 Å². The Labute approximate surface area is 121 Å². The van der Waals surface area contributed by atoms with Crippen LogP contribution in [-0.2, 0) is 11.2 Å². The minimum atomic E-state index is -0.327. The van der Waals surface area contributed by atoms with Crippen LogP contribution in [0.25, 0.3) is 0 Å². The van der Waals surface area contributed by atoms with E-state index in [1.807, 2.05) is 18.7 Å². The summed E-state index contributed by atoms with van der Waals surface area (Å²) in [6, 6.07) is 8.32. The van der Waals surface area contributed by atoms with Crippen LogP contribution in [0.15, 0.2) is 24.3 Å². The quantitative estimate of drug-likeness (QED) is 0.917. The second-order valence-electron chi connectivity index (χ2n) is 5.89. The lowest BCUT2D eigenvalue weighted by Crippen LogP contribution is -2.33. The third-order valence-corrected chi connectivity index (χ3v) is 4.48. The maximum Gasteiger partial charge on any atom is 0.229 e. The minimum Gasteiger partial charge on any atom is -0.393 e. The van der Waals surface area contributed by atoms with Gasteiger partial charge in [-0.15, -0.1) is 0 Å². The number of aliphatic hydroxyl groups excluding tert-OH is 1. The molecule has 3 heteroatoms. The van der Waals surface area contributed by atoms with Crippen molar-refractivity contribution >= 4 is 5.91 Å². The van der Waals surface area contributed by atoms with E-state index < -0.39 is 0 Å². The number of likely N-dealkylation sites (tertiary alicyclic amines) is 1. The molecule has 0 spiro atoms. The van der Waals surface area contributed by atoms with Crippen molar-refractivity contribution in [2.45, 2.75) is 45.6 Å². The Morgan fingerprint density at radius 1 is 1.35 bits per heavy atom. The largest absolute Gasteiger partial charge is 0.393 e. The zero-order valence-corrected chi connectivity index (χ0v) is 12.7. The Morgan fingerprint density at radius 2 is 2.00 bits per heavy atom. The molecule has 1 aromatic carbocycles. The molecule has 1 heterocycles. The van der Waals surface area contributed by atoms with Crippen LogP contribution in [0, 0.1) is 5.92 Å². The van der Waals surface area contributed by atoms with Crippen molar-refractivity contribution in [1.82, 2.24) is 4.90 Å². The molecule has 0 saturated carbocycles. The highest BCUT2D eigenvalue weighted by atomic mass is 16.3. The number of amides is 1. The van der Waals surface area contributed by atoms with E-state index in [1.165, 1.54) is 5.56 Å². The van der Waals surface area contributed by atoms with Gasteiger partial charge in [0.05, 0.1) is 12.0 Å². The highest BCUT2D eigenvalue weighted by Gasteiger charge is 2.31. The number of carbonyl (C=O) groups is 1. The van der Waals surface area contributed by atoms with Crippen molar-refractivity contribution in [3.8, 4) is 0 Å². The summed E-state index contributed by atoms with van der Waals surface area (Å²) in [7, 11) is 0. The fraction of sp³-hybridized carbons (Fsp3) is 0.588. The summed E-state index contributed by atoms with van der Waals surface area (Å²) in [5.74, 6) is 0.305. The first kappa shape index (κ1) is 15.0. The molecule has 0 aromatic heterocycles. The second kappa shape index (κ2) is 6.40. The van der Waals surface area contributed by atoms with Crippen molar-refractivity contribution in [2.24, 2.45) is 5.92 Å². The first-order valence-corrected chi connectivity index (χ1v) is 7.58. The van der Waals surface area contributed by atoms with Crippen LogP contribution in [0.4, 0.5) is 0 Å². The van der Waals surface area contributed by atoms with Gasteiger partial charge in [-0.3, -0.25) is 4.79 Å². The Kier molecular flexibility index (Phi) is 4.81. The Bertz CT molecular complexity index is 453. The highest BCUT2D eigenvalue weighted by Crippen LogP contribution is 2.25. The number of rotatable bonds is 4. The molecule has 0 radical (unpaired) electrons. The normalized spacial score (nSPS) is 21.8. The minimum absolute atomic E-state index is 0.103. The van der Waals surface area contributed by atoms with Crippen LogP contribution in [0.2, 0.25) is 0 Å². The van der Waals surface area contributed by atoms with Crippen LogP contribution < -0.4 is 0 Å². The van der Waals surface area contributed by atoms with Crippen LogP contribution >= 0.6 is 0 Å². The number of carbonyl (C=O) groups excluding carboxylic acids is 1. The van der Waals surface area contributed by atoms with Gasteiger partial charge >= 0.3 is 0 Å². The fourth-order valence-corrected chi connectivity index (χ4v) is 2.84. The molecule has 20 heavy (non-hydrogen) atoms. The van der Waals surface area contributed by atoms with E-state index in [0.717, 1.165) is 24.9 Å². The number of hydrogen-bond acceptors (Lipinski definition) is 2. The van der Waals surface area contributed by atoms with E-state index in [-0.39, 0.29) is 23.8 Å². The molecule has 1 N–H and O–H groups in total. The van der Waals surface area contributed by atoms with Crippen molar-refractivity contribution in [3.63, 3.8) is 0 Å². The first-order valence-electron chi connectivity index (χ1n) is 7.58. The molecular weight excluding hydrogens is 250 g/mol. The summed E-state index contributed by atoms with van der Waals surface area (Å²) in [6.07, 6.45) is 1.60. The molecule has 1 aliphatic rings. The standard InChI is InChI=1S/C17H25NO2/c1-4-14-5-7-15(8-6-14)12(2)17(20)18-10-9-16(11-18)13(3)19/h5-8,12-13,16,19H,4,9-11H2,1-3H3. The molecule has 1 amide bonds. The van der Waals surface area contributed by atoms with Crippen molar-refractivity contribution in [1.29, 1.82) is 0 Å². The molecule has 3 unspecified atom stereocenters. The van der Waals surface area contributed by atoms with E-state index in [4.69, 9.17) is 0 Å². The smallest absolute Gasteiger partial charge is 0.229 e. The Balaban J connectivity index is 2.01. The average Bonchev–Trinajstić information content (AvgIpc) is 2.96. The zero-order chi connectivity index (χ0) is 14.7. The van der Waals surface area contributed by atoms with Crippen molar-refractivity contribution in [3.05, 3.63) is 35.4 Å². The average molecular weight is 275 g/mol. The maximum atomic E-state index is 12.5. The van der Waals surface area contributed by atoms with Gasteiger partial charge in [-0.1, -0.05) is 31.2 Å². The van der Waals surface area contributed by atoms with Gasteiger partial charge in [0, 0.05) is 19.0 Å². The van der Waals surface area contributed by atoms with Crippen LogP contribution in [0.5, 0.6) is 0 Å². The lowest BCUT2D eigenvalue weighted by Gasteiger charge is -2.22. The first-order chi connectivity index (χ1) is 9.52. The molecule has 1 aliphatic heterocycles. The number of nitrogens with zero attached hydrogens (tertiary/aromatic N) is 1. The zero-order valence-electron chi connectivity index (χ0n) is 12.7. The summed E-state index contributed by atoms with van der Waals surface area (Å²) < 4.78 is 0. The lowest BCUT2D eigenvalue weighted by molar-refractivity contribution is -0.131. The van der Waals surface area contributed by atoms with Crippen LogP contribution in [-0.4, -0.2) is 35.1 Å². The molecule has 3 nitrogen and oxygen atoms in total. The molecule has 1 fully saturated rings. The van der Waals surface area contributed by atoms with E-state index in [1.54, 1.807) is 0 Å². The molecule has 110 valence electrons. The molecule has 2 rings (SSSR count). The molecule has 0 bridgehead atoms. The summed E-state index contributed by atoms with van der Waals surface area (Å²) in [4.78, 5) is 14.4. The molecular formula is C17H25NO2. The molecule has 1 saturated heterocycles. The Hall–Kier alpha value is -1.35. The van der Waals surface area contributed by atoms with Gasteiger partial charge in [0.1, 0.15) is 0 Å². The van der Waals surface area contributed by atoms with E-state index in [0.29, 0.717) is 6.54 Å². The number of hydrogen-bond donors (Lipinski definition) is 1. The summed E-state index contributed by atoms with van der Waals surface area (Å²) in [6.45, 7) is 7.37. The maximum absolute atomic E-state index is 12.5. The van der Waals surface area contributed by atoms with E-state index >= 15 is 0 Å². The second-order valence-corrected chi connectivity index (χ2v) is 5.89. The van der Waals surface area contributed by atoms with Crippen molar-refractivity contribution in [2.75, 3.05) is 13.1 Å². The lowest BCUT2D eigenvalue weighted by atomic mass is 9.98. The monoisotopic (exact) mass is 275 g/mol. The fourth-order valence-electron chi connectivity index (χ4n) is 2.84. The SMILES string of the molecule is CCc1ccc(C(C)C(=O)N2CCC(C(C)O)C2)cc1. The number of benzene rings is 1. The molecule has 3 atom stereocenters. The van der Waals surface area contributed by atoms with Crippen molar-refractivity contribution < 1.29 is 9.90 Å².